The minimum absolute atomic E-state index is 0.0713. The van der Waals surface area contributed by atoms with Crippen molar-refractivity contribution in [3.8, 4) is 28.4 Å². The summed E-state index contributed by atoms with van der Waals surface area (Å²) in [7, 11) is 4.28. The third kappa shape index (κ3) is 5.12. The Balaban J connectivity index is 1.14. The van der Waals surface area contributed by atoms with Crippen molar-refractivity contribution in [2.75, 3.05) is 23.5 Å². The fraction of sp³-hybridized carbons (Fsp3) is 0.146. The minimum atomic E-state index is -0.0713. The van der Waals surface area contributed by atoms with E-state index in [-0.39, 0.29) is 5.41 Å². The number of benzene rings is 6. The maximum atomic E-state index is 6.87. The number of hydrogen-bond acceptors (Lipinski definition) is 4. The maximum absolute atomic E-state index is 6.87. The van der Waals surface area contributed by atoms with E-state index in [0.29, 0.717) is 0 Å². The molecule has 0 aliphatic carbocycles. The summed E-state index contributed by atoms with van der Waals surface area (Å²) in [6.45, 7) is 7.55. The van der Waals surface area contributed by atoms with Crippen LogP contribution in [0.25, 0.3) is 60.6 Å². The van der Waals surface area contributed by atoms with Crippen LogP contribution in [0.1, 0.15) is 26.3 Å². The lowest BCUT2D eigenvalue weighted by Gasteiger charge is -2.25. The van der Waals surface area contributed by atoms with Gasteiger partial charge in [0.2, 0.25) is 0 Å². The largest absolute Gasteiger partial charge is 0.457 e. The zero-order valence-electron chi connectivity index (χ0n) is 31.2. The van der Waals surface area contributed by atoms with Gasteiger partial charge in [-0.1, -0.05) is 87.5 Å². The highest BCUT2D eigenvalue weighted by molar-refractivity contribution is 6.12. The quantitative estimate of drug-likeness (QED) is 0.179. The first-order valence-electron chi connectivity index (χ1n) is 18.6. The Hall–Kier alpha value is -6.53. The lowest BCUT2D eigenvalue weighted by molar-refractivity contribution is 0.479. The molecule has 0 amide bonds. The number of fused-ring (bicyclic) bond motifs is 7. The SMILES string of the molecule is CN1CN(c2cc(Oc3ccc4c5cc(-c6ccccc6)ccc5n(-c5cc6c(cn5)c5ccccc5n6C)c4c3)cc(C(C)(C)C)c2)c2ccccc21. The molecule has 0 unspecified atom stereocenters. The highest BCUT2D eigenvalue weighted by Crippen LogP contribution is 2.44. The van der Waals surface area contributed by atoms with Gasteiger partial charge in [-0.2, -0.15) is 0 Å². The van der Waals surface area contributed by atoms with E-state index < -0.39 is 0 Å². The van der Waals surface area contributed by atoms with Gasteiger partial charge in [0.25, 0.3) is 0 Å². The Morgan fingerprint density at radius 1 is 0.556 bits per heavy atom. The van der Waals surface area contributed by atoms with Crippen molar-refractivity contribution in [3.05, 3.63) is 151 Å². The molecule has 0 atom stereocenters. The van der Waals surface area contributed by atoms with Gasteiger partial charge in [-0.05, 0) is 76.7 Å². The molecule has 264 valence electrons. The van der Waals surface area contributed by atoms with Gasteiger partial charge < -0.3 is 19.1 Å². The van der Waals surface area contributed by atoms with E-state index in [1.165, 1.54) is 44.4 Å². The van der Waals surface area contributed by atoms with Gasteiger partial charge >= 0.3 is 0 Å². The highest BCUT2D eigenvalue weighted by Gasteiger charge is 2.26. The number of nitrogens with zero attached hydrogens (tertiary/aromatic N) is 5. The molecule has 10 rings (SSSR count). The lowest BCUT2D eigenvalue weighted by atomic mass is 9.86. The van der Waals surface area contributed by atoms with E-state index in [4.69, 9.17) is 9.72 Å². The van der Waals surface area contributed by atoms with E-state index in [1.54, 1.807) is 0 Å². The van der Waals surface area contributed by atoms with Gasteiger partial charge in [-0.25, -0.2) is 4.98 Å². The van der Waals surface area contributed by atoms with Crippen LogP contribution in [0.5, 0.6) is 11.5 Å². The molecule has 6 heteroatoms. The van der Waals surface area contributed by atoms with Crippen molar-refractivity contribution in [2.24, 2.45) is 7.05 Å². The van der Waals surface area contributed by atoms with Crippen LogP contribution in [0.3, 0.4) is 0 Å². The van der Waals surface area contributed by atoms with Crippen molar-refractivity contribution in [1.29, 1.82) is 0 Å². The van der Waals surface area contributed by atoms with Crippen LogP contribution in [-0.2, 0) is 12.5 Å². The Morgan fingerprint density at radius 2 is 1.31 bits per heavy atom. The standard InChI is InChI=1S/C48H41N5O/c1-48(2,3)33-24-34(52-30-50(4)43-17-11-12-18-44(43)52)26-36(25-33)54-35-20-21-38-39-23-32(31-13-7-6-8-14-31)19-22-42(39)53(46(38)27-35)47-28-45-40(29-49-47)37-15-9-10-16-41(37)51(45)5/h6-29H,30H2,1-5H3. The molecule has 0 bridgehead atoms. The lowest BCUT2D eigenvalue weighted by Crippen LogP contribution is -2.24. The molecule has 0 radical (unpaired) electrons. The average molecular weight is 704 g/mol. The van der Waals surface area contributed by atoms with Gasteiger partial charge in [-0.3, -0.25) is 4.57 Å². The zero-order valence-corrected chi connectivity index (χ0v) is 31.2. The second-order valence-electron chi connectivity index (χ2n) is 15.6. The first-order valence-corrected chi connectivity index (χ1v) is 18.6. The van der Waals surface area contributed by atoms with Crippen LogP contribution < -0.4 is 14.5 Å². The first-order chi connectivity index (χ1) is 26.2. The van der Waals surface area contributed by atoms with Crippen LogP contribution in [0, 0.1) is 0 Å². The molecule has 0 saturated heterocycles. The Morgan fingerprint density at radius 3 is 2.15 bits per heavy atom. The second-order valence-corrected chi connectivity index (χ2v) is 15.6. The van der Waals surface area contributed by atoms with Gasteiger partial charge in [-0.15, -0.1) is 0 Å². The predicted octanol–water partition coefficient (Wildman–Crippen LogP) is 12.1. The van der Waals surface area contributed by atoms with E-state index in [9.17, 15) is 0 Å². The molecule has 4 heterocycles. The summed E-state index contributed by atoms with van der Waals surface area (Å²) in [4.78, 5) is 9.79. The number of pyridine rings is 1. The molecule has 0 N–H and O–H groups in total. The number of ether oxygens (including phenoxy) is 1. The highest BCUT2D eigenvalue weighted by atomic mass is 16.5. The number of para-hydroxylation sites is 3. The van der Waals surface area contributed by atoms with Gasteiger partial charge in [0, 0.05) is 71.2 Å². The monoisotopic (exact) mass is 703 g/mol. The van der Waals surface area contributed by atoms with Crippen LogP contribution in [0.15, 0.2) is 146 Å². The summed E-state index contributed by atoms with van der Waals surface area (Å²) in [5.41, 5.74) is 11.5. The van der Waals surface area contributed by atoms with E-state index in [0.717, 1.165) is 57.0 Å². The van der Waals surface area contributed by atoms with Crippen LogP contribution in [0.2, 0.25) is 0 Å². The molecular formula is C48H41N5O. The summed E-state index contributed by atoms with van der Waals surface area (Å²) in [5, 5.41) is 4.68. The van der Waals surface area contributed by atoms with Gasteiger partial charge in [0.15, 0.2) is 0 Å². The molecule has 6 aromatic carbocycles. The average Bonchev–Trinajstić information content (AvgIpc) is 3.80. The van der Waals surface area contributed by atoms with Crippen molar-refractivity contribution in [3.63, 3.8) is 0 Å². The third-order valence-corrected chi connectivity index (χ3v) is 11.1. The summed E-state index contributed by atoms with van der Waals surface area (Å²) in [6.07, 6.45) is 2.02. The van der Waals surface area contributed by atoms with Crippen LogP contribution in [-0.4, -0.2) is 27.8 Å². The summed E-state index contributed by atoms with van der Waals surface area (Å²) in [5.74, 6) is 2.45. The minimum Gasteiger partial charge on any atom is -0.457 e. The topological polar surface area (TPSA) is 38.5 Å². The Bertz CT molecular complexity index is 2910. The third-order valence-electron chi connectivity index (χ3n) is 11.1. The number of anilines is 3. The number of aryl methyl sites for hydroxylation is 1. The Kier molecular flexibility index (Phi) is 7.15. The molecule has 54 heavy (non-hydrogen) atoms. The van der Waals surface area contributed by atoms with E-state index in [1.807, 2.05) is 6.20 Å². The summed E-state index contributed by atoms with van der Waals surface area (Å²) < 4.78 is 11.4. The molecular weight excluding hydrogens is 663 g/mol. The summed E-state index contributed by atoms with van der Waals surface area (Å²) >= 11 is 0. The normalized spacial score (nSPS) is 13.1. The number of hydrogen-bond donors (Lipinski definition) is 0. The fourth-order valence-corrected chi connectivity index (χ4v) is 8.25. The van der Waals surface area contributed by atoms with Crippen molar-refractivity contribution >= 4 is 60.7 Å². The molecule has 1 aliphatic rings. The molecule has 0 spiro atoms. The second kappa shape index (κ2) is 12.0. The maximum Gasteiger partial charge on any atom is 0.139 e. The van der Waals surface area contributed by atoms with E-state index in [2.05, 4.69) is 193 Å². The molecule has 3 aromatic heterocycles. The number of rotatable bonds is 5. The molecule has 1 aliphatic heterocycles. The molecule has 0 fully saturated rings. The Labute approximate surface area is 315 Å². The van der Waals surface area contributed by atoms with Crippen LogP contribution in [0.4, 0.5) is 17.1 Å². The number of aromatic nitrogens is 3. The predicted molar refractivity (Wildman–Crippen MR) is 225 cm³/mol. The molecule has 0 saturated carbocycles. The van der Waals surface area contributed by atoms with Crippen LogP contribution >= 0.6 is 0 Å². The van der Waals surface area contributed by atoms with Crippen molar-refractivity contribution in [2.45, 2.75) is 26.2 Å². The van der Waals surface area contributed by atoms with Crippen molar-refractivity contribution in [1.82, 2.24) is 14.1 Å². The van der Waals surface area contributed by atoms with Gasteiger partial charge in [0.1, 0.15) is 17.3 Å². The fourth-order valence-electron chi connectivity index (χ4n) is 8.25. The van der Waals surface area contributed by atoms with Crippen molar-refractivity contribution < 1.29 is 4.74 Å². The van der Waals surface area contributed by atoms with E-state index >= 15 is 0 Å². The summed E-state index contributed by atoms with van der Waals surface area (Å²) in [6, 6.07) is 49.8. The van der Waals surface area contributed by atoms with Gasteiger partial charge in [0.05, 0.1) is 34.6 Å². The smallest absolute Gasteiger partial charge is 0.139 e. The first kappa shape index (κ1) is 32.1. The zero-order chi connectivity index (χ0) is 36.7. The molecule has 9 aromatic rings. The molecule has 6 nitrogen and oxygen atoms in total.